The van der Waals surface area contributed by atoms with Crippen molar-refractivity contribution >= 4 is 46.4 Å². The zero-order valence-corrected chi connectivity index (χ0v) is 14.8. The Kier molecular flexibility index (Phi) is 7.03. The van der Waals surface area contributed by atoms with E-state index in [2.05, 4.69) is 41.8 Å². The van der Waals surface area contributed by atoms with E-state index in [1.54, 1.807) is 0 Å². The maximum atomic E-state index is 6.08. The lowest BCUT2D eigenvalue weighted by atomic mass is 10.2. The first kappa shape index (κ1) is 17.1. The van der Waals surface area contributed by atoms with Gasteiger partial charge in [0.25, 0.3) is 0 Å². The highest BCUT2D eigenvalue weighted by molar-refractivity contribution is 7.98. The molecule has 0 aromatic heterocycles. The molecular formula is C17H19ClN2S2. The first-order valence-electron chi connectivity index (χ1n) is 7.08. The standard InChI is InChI=1S/C17H19ClN2S2/c1-13-5-4-6-14(11-13)12-22-10-9-19-17(21)20-16-8-3-2-7-15(16)18/h2-8,11H,9-10,12H2,1H3,(H2,19,20,21). The highest BCUT2D eigenvalue weighted by Gasteiger charge is 2.01. The number of aryl methyl sites for hydroxylation is 1. The van der Waals surface area contributed by atoms with Gasteiger partial charge in [0.05, 0.1) is 10.7 Å². The SMILES string of the molecule is Cc1cccc(CSCCNC(=S)Nc2ccccc2Cl)c1. The predicted octanol–water partition coefficient (Wildman–Crippen LogP) is 4.87. The average molecular weight is 351 g/mol. The first-order chi connectivity index (χ1) is 10.6. The highest BCUT2D eigenvalue weighted by Crippen LogP contribution is 2.20. The van der Waals surface area contributed by atoms with Crippen LogP contribution in [0.15, 0.2) is 48.5 Å². The molecule has 0 radical (unpaired) electrons. The zero-order valence-electron chi connectivity index (χ0n) is 12.4. The Bertz CT molecular complexity index is 632. The Labute approximate surface area is 146 Å². The van der Waals surface area contributed by atoms with Crippen LogP contribution in [0.25, 0.3) is 0 Å². The van der Waals surface area contributed by atoms with Gasteiger partial charge in [0, 0.05) is 18.1 Å². The van der Waals surface area contributed by atoms with Gasteiger partial charge in [-0.1, -0.05) is 53.6 Å². The molecule has 116 valence electrons. The minimum absolute atomic E-state index is 0.601. The normalized spacial score (nSPS) is 10.3. The van der Waals surface area contributed by atoms with Crippen LogP contribution in [0, 0.1) is 6.92 Å². The molecular weight excluding hydrogens is 332 g/mol. The third kappa shape index (κ3) is 5.87. The van der Waals surface area contributed by atoms with Crippen molar-refractivity contribution in [1.29, 1.82) is 0 Å². The molecule has 0 bridgehead atoms. The molecule has 2 aromatic carbocycles. The second kappa shape index (κ2) is 9.03. The topological polar surface area (TPSA) is 24.1 Å². The summed E-state index contributed by atoms with van der Waals surface area (Å²) in [4.78, 5) is 0. The molecule has 0 spiro atoms. The number of nitrogens with one attached hydrogen (secondary N) is 2. The maximum absolute atomic E-state index is 6.08. The molecule has 22 heavy (non-hydrogen) atoms. The molecule has 2 rings (SSSR count). The van der Waals surface area contributed by atoms with Crippen LogP contribution in [-0.2, 0) is 5.75 Å². The van der Waals surface area contributed by atoms with Gasteiger partial charge in [-0.25, -0.2) is 0 Å². The van der Waals surface area contributed by atoms with Crippen molar-refractivity contribution in [2.75, 3.05) is 17.6 Å². The fraction of sp³-hybridized carbons (Fsp3) is 0.235. The summed E-state index contributed by atoms with van der Waals surface area (Å²) in [6, 6.07) is 16.2. The smallest absolute Gasteiger partial charge is 0.170 e. The van der Waals surface area contributed by atoms with E-state index in [-0.39, 0.29) is 0 Å². The number of para-hydroxylation sites is 1. The average Bonchev–Trinajstić information content (AvgIpc) is 2.49. The summed E-state index contributed by atoms with van der Waals surface area (Å²) in [5, 5.41) is 7.57. The molecule has 0 aliphatic heterocycles. The van der Waals surface area contributed by atoms with Crippen molar-refractivity contribution in [3.8, 4) is 0 Å². The van der Waals surface area contributed by atoms with Gasteiger partial charge in [-0.15, -0.1) is 0 Å². The van der Waals surface area contributed by atoms with E-state index in [1.165, 1.54) is 11.1 Å². The number of hydrogen-bond acceptors (Lipinski definition) is 2. The third-order valence-electron chi connectivity index (χ3n) is 3.01. The Morgan fingerprint density at radius 3 is 2.77 bits per heavy atom. The fourth-order valence-electron chi connectivity index (χ4n) is 1.96. The number of anilines is 1. The van der Waals surface area contributed by atoms with Crippen molar-refractivity contribution in [1.82, 2.24) is 5.32 Å². The van der Waals surface area contributed by atoms with E-state index in [1.807, 2.05) is 36.0 Å². The Hall–Kier alpha value is -1.23. The molecule has 2 nitrogen and oxygen atoms in total. The largest absolute Gasteiger partial charge is 0.362 e. The lowest BCUT2D eigenvalue weighted by Gasteiger charge is -2.11. The lowest BCUT2D eigenvalue weighted by Crippen LogP contribution is -2.30. The van der Waals surface area contributed by atoms with Gasteiger partial charge in [-0.3, -0.25) is 0 Å². The van der Waals surface area contributed by atoms with Crippen LogP contribution in [-0.4, -0.2) is 17.4 Å². The van der Waals surface area contributed by atoms with Gasteiger partial charge in [0.2, 0.25) is 0 Å². The van der Waals surface area contributed by atoms with E-state index in [4.69, 9.17) is 23.8 Å². The van der Waals surface area contributed by atoms with Crippen molar-refractivity contribution in [3.63, 3.8) is 0 Å². The summed E-state index contributed by atoms with van der Waals surface area (Å²) in [6.45, 7) is 2.95. The second-order valence-corrected chi connectivity index (χ2v) is 6.82. The minimum Gasteiger partial charge on any atom is -0.362 e. The summed E-state index contributed by atoms with van der Waals surface area (Å²) >= 11 is 13.2. The fourth-order valence-corrected chi connectivity index (χ4v) is 3.16. The third-order valence-corrected chi connectivity index (χ3v) is 4.61. The molecule has 0 unspecified atom stereocenters. The van der Waals surface area contributed by atoms with E-state index in [0.717, 1.165) is 23.7 Å². The van der Waals surface area contributed by atoms with Gasteiger partial charge in [-0.05, 0) is 36.8 Å². The summed E-state index contributed by atoms with van der Waals surface area (Å²) in [5.74, 6) is 2.02. The van der Waals surface area contributed by atoms with Crippen molar-refractivity contribution < 1.29 is 0 Å². The second-order valence-electron chi connectivity index (χ2n) is 4.90. The van der Waals surface area contributed by atoms with Gasteiger partial charge in [0.1, 0.15) is 0 Å². The quantitative estimate of drug-likeness (QED) is 0.573. The van der Waals surface area contributed by atoms with E-state index < -0.39 is 0 Å². The highest BCUT2D eigenvalue weighted by atomic mass is 35.5. The van der Waals surface area contributed by atoms with Gasteiger partial charge in [0.15, 0.2) is 5.11 Å². The zero-order chi connectivity index (χ0) is 15.8. The molecule has 0 amide bonds. The van der Waals surface area contributed by atoms with Crippen molar-refractivity contribution in [3.05, 3.63) is 64.7 Å². The summed E-state index contributed by atoms with van der Waals surface area (Å²) in [6.07, 6.45) is 0. The number of thiocarbonyl (C=S) groups is 1. The van der Waals surface area contributed by atoms with Crippen molar-refractivity contribution in [2.45, 2.75) is 12.7 Å². The van der Waals surface area contributed by atoms with Gasteiger partial charge in [-0.2, -0.15) is 11.8 Å². The number of hydrogen-bond donors (Lipinski definition) is 2. The lowest BCUT2D eigenvalue weighted by molar-refractivity contribution is 0.990. The molecule has 0 atom stereocenters. The minimum atomic E-state index is 0.601. The molecule has 0 heterocycles. The van der Waals surface area contributed by atoms with E-state index >= 15 is 0 Å². The maximum Gasteiger partial charge on any atom is 0.170 e. The first-order valence-corrected chi connectivity index (χ1v) is 9.02. The van der Waals surface area contributed by atoms with Crippen LogP contribution in [0.3, 0.4) is 0 Å². The van der Waals surface area contributed by atoms with Crippen LogP contribution in [0.5, 0.6) is 0 Å². The molecule has 0 aliphatic rings. The van der Waals surface area contributed by atoms with Crippen LogP contribution in [0.2, 0.25) is 5.02 Å². The predicted molar refractivity (Wildman–Crippen MR) is 103 cm³/mol. The number of thioether (sulfide) groups is 1. The molecule has 0 saturated carbocycles. The van der Waals surface area contributed by atoms with E-state index in [9.17, 15) is 0 Å². The molecule has 0 saturated heterocycles. The summed E-state index contributed by atoms with van der Waals surface area (Å²) in [7, 11) is 0. The summed E-state index contributed by atoms with van der Waals surface area (Å²) in [5.41, 5.74) is 3.50. The van der Waals surface area contributed by atoms with Crippen molar-refractivity contribution in [2.24, 2.45) is 0 Å². The van der Waals surface area contributed by atoms with Gasteiger partial charge >= 0.3 is 0 Å². The molecule has 2 N–H and O–H groups in total. The van der Waals surface area contributed by atoms with Crippen LogP contribution < -0.4 is 10.6 Å². The monoisotopic (exact) mass is 350 g/mol. The molecule has 2 aromatic rings. The number of rotatable bonds is 6. The number of benzene rings is 2. The Balaban J connectivity index is 1.64. The Morgan fingerprint density at radius 1 is 1.18 bits per heavy atom. The van der Waals surface area contributed by atoms with Crippen LogP contribution >= 0.6 is 35.6 Å². The van der Waals surface area contributed by atoms with Crippen LogP contribution in [0.4, 0.5) is 5.69 Å². The van der Waals surface area contributed by atoms with Crippen LogP contribution in [0.1, 0.15) is 11.1 Å². The molecule has 0 fully saturated rings. The van der Waals surface area contributed by atoms with E-state index in [0.29, 0.717) is 10.1 Å². The number of halogens is 1. The molecule has 0 aliphatic carbocycles. The van der Waals surface area contributed by atoms with Gasteiger partial charge < -0.3 is 10.6 Å². The Morgan fingerprint density at radius 2 is 2.00 bits per heavy atom. The summed E-state index contributed by atoms with van der Waals surface area (Å²) < 4.78 is 0. The molecule has 5 heteroatoms.